The molecule has 1 aromatic heterocycles. The number of ether oxygens (including phenoxy) is 1. The number of hydrogen-bond acceptors (Lipinski definition) is 3. The van der Waals surface area contributed by atoms with E-state index in [1.165, 1.54) is 28.9 Å². The molecular formula is C15H23N2O2S+. The normalized spacial score (nSPS) is 19.6. The summed E-state index contributed by atoms with van der Waals surface area (Å²) in [7, 11) is 0. The van der Waals surface area contributed by atoms with Crippen molar-refractivity contribution in [3.05, 3.63) is 21.4 Å². The van der Waals surface area contributed by atoms with E-state index in [0.29, 0.717) is 0 Å². The lowest BCUT2D eigenvalue weighted by Crippen LogP contribution is -3.14. The van der Waals surface area contributed by atoms with Gasteiger partial charge in [-0.05, 0) is 42.2 Å². The lowest BCUT2D eigenvalue weighted by molar-refractivity contribution is -0.906. The number of thiophene rings is 1. The fourth-order valence-electron chi connectivity index (χ4n) is 3.05. The van der Waals surface area contributed by atoms with Crippen molar-refractivity contribution in [2.45, 2.75) is 25.7 Å². The van der Waals surface area contributed by atoms with Crippen LogP contribution in [0.2, 0.25) is 0 Å². The minimum atomic E-state index is 0.130. The molecule has 1 aliphatic carbocycles. The van der Waals surface area contributed by atoms with Gasteiger partial charge in [0.2, 0.25) is 0 Å². The number of hydrogen-bond donors (Lipinski definition) is 2. The number of carbonyl (C=O) groups excluding carboxylic acids is 1. The van der Waals surface area contributed by atoms with E-state index in [1.54, 1.807) is 11.3 Å². The van der Waals surface area contributed by atoms with Crippen LogP contribution in [0.5, 0.6) is 0 Å². The van der Waals surface area contributed by atoms with Crippen LogP contribution in [-0.2, 0) is 17.6 Å². The van der Waals surface area contributed by atoms with E-state index in [4.69, 9.17) is 4.74 Å². The number of amides is 1. The van der Waals surface area contributed by atoms with Gasteiger partial charge >= 0.3 is 0 Å². The Bertz CT molecular complexity index is 466. The highest BCUT2D eigenvalue weighted by molar-refractivity contribution is 7.12. The Labute approximate surface area is 124 Å². The van der Waals surface area contributed by atoms with Gasteiger partial charge in [-0.15, -0.1) is 11.3 Å². The highest BCUT2D eigenvalue weighted by atomic mass is 32.1. The largest absolute Gasteiger partial charge is 0.370 e. The summed E-state index contributed by atoms with van der Waals surface area (Å²) in [5, 5.41) is 5.27. The molecule has 3 rings (SSSR count). The van der Waals surface area contributed by atoms with Crippen molar-refractivity contribution in [3.8, 4) is 0 Å². The van der Waals surface area contributed by atoms with E-state index in [9.17, 15) is 4.79 Å². The number of aryl methyl sites for hydroxylation is 1. The van der Waals surface area contributed by atoms with Crippen molar-refractivity contribution in [2.75, 3.05) is 39.4 Å². The summed E-state index contributed by atoms with van der Waals surface area (Å²) in [5.41, 5.74) is 2.72. The first kappa shape index (κ1) is 14.0. The zero-order chi connectivity index (χ0) is 13.8. The van der Waals surface area contributed by atoms with E-state index in [1.807, 2.05) is 0 Å². The van der Waals surface area contributed by atoms with Crippen LogP contribution in [0.4, 0.5) is 0 Å². The second-order valence-corrected chi connectivity index (χ2v) is 6.52. The predicted molar refractivity (Wildman–Crippen MR) is 79.7 cm³/mol. The fraction of sp³-hybridized carbons (Fsp3) is 0.667. The summed E-state index contributed by atoms with van der Waals surface area (Å²) >= 11 is 1.62. The molecule has 1 aromatic rings. The second kappa shape index (κ2) is 6.70. The van der Waals surface area contributed by atoms with Crippen molar-refractivity contribution < 1.29 is 14.4 Å². The van der Waals surface area contributed by atoms with Crippen LogP contribution in [0.25, 0.3) is 0 Å². The van der Waals surface area contributed by atoms with E-state index in [2.05, 4.69) is 10.7 Å². The van der Waals surface area contributed by atoms with Crippen molar-refractivity contribution >= 4 is 17.2 Å². The maximum atomic E-state index is 12.3. The molecule has 1 aliphatic heterocycles. The zero-order valence-corrected chi connectivity index (χ0v) is 12.7. The van der Waals surface area contributed by atoms with E-state index in [0.717, 1.165) is 57.1 Å². The average Bonchev–Trinajstić information content (AvgIpc) is 2.92. The topological polar surface area (TPSA) is 42.8 Å². The molecule has 2 aliphatic rings. The number of morpholine rings is 1. The van der Waals surface area contributed by atoms with Crippen molar-refractivity contribution in [3.63, 3.8) is 0 Å². The average molecular weight is 295 g/mol. The van der Waals surface area contributed by atoms with Gasteiger partial charge in [-0.3, -0.25) is 4.79 Å². The Kier molecular flexibility index (Phi) is 4.70. The monoisotopic (exact) mass is 295 g/mol. The third-order valence-corrected chi connectivity index (χ3v) is 5.34. The van der Waals surface area contributed by atoms with Gasteiger partial charge in [-0.2, -0.15) is 0 Å². The minimum Gasteiger partial charge on any atom is -0.370 e. The van der Waals surface area contributed by atoms with Crippen molar-refractivity contribution in [1.29, 1.82) is 0 Å². The predicted octanol–water partition coefficient (Wildman–Crippen LogP) is 0.272. The molecule has 1 fully saturated rings. The van der Waals surface area contributed by atoms with E-state index < -0.39 is 0 Å². The zero-order valence-electron chi connectivity index (χ0n) is 11.9. The van der Waals surface area contributed by atoms with Crippen LogP contribution in [0.3, 0.4) is 0 Å². The Morgan fingerprint density at radius 2 is 2.10 bits per heavy atom. The molecule has 110 valence electrons. The molecule has 5 heteroatoms. The van der Waals surface area contributed by atoms with Crippen LogP contribution in [-0.4, -0.2) is 45.3 Å². The van der Waals surface area contributed by atoms with Gasteiger partial charge in [0, 0.05) is 0 Å². The van der Waals surface area contributed by atoms with Crippen LogP contribution < -0.4 is 10.2 Å². The van der Waals surface area contributed by atoms with E-state index in [-0.39, 0.29) is 5.91 Å². The Morgan fingerprint density at radius 1 is 1.30 bits per heavy atom. The summed E-state index contributed by atoms with van der Waals surface area (Å²) < 4.78 is 5.34. The molecule has 1 saturated heterocycles. The first-order valence-electron chi connectivity index (χ1n) is 7.63. The fourth-order valence-corrected chi connectivity index (χ4v) is 4.13. The summed E-state index contributed by atoms with van der Waals surface area (Å²) in [6.45, 7) is 5.58. The van der Waals surface area contributed by atoms with Gasteiger partial charge in [0.05, 0.1) is 31.2 Å². The summed E-state index contributed by atoms with van der Waals surface area (Å²) in [4.78, 5) is 14.8. The van der Waals surface area contributed by atoms with Crippen LogP contribution in [0.1, 0.15) is 33.6 Å². The molecule has 0 saturated carbocycles. The molecule has 2 N–H and O–H groups in total. The maximum Gasteiger partial charge on any atom is 0.261 e. The quantitative estimate of drug-likeness (QED) is 0.837. The SMILES string of the molecule is O=C(NCC[NH+]1CCOCC1)c1scc2c1CCCC2. The van der Waals surface area contributed by atoms with Gasteiger partial charge in [-0.25, -0.2) is 0 Å². The maximum absolute atomic E-state index is 12.3. The van der Waals surface area contributed by atoms with Gasteiger partial charge in [0.15, 0.2) is 0 Å². The number of fused-ring (bicyclic) bond motifs is 1. The molecule has 20 heavy (non-hydrogen) atoms. The van der Waals surface area contributed by atoms with Crippen molar-refractivity contribution in [2.24, 2.45) is 0 Å². The summed E-state index contributed by atoms with van der Waals surface area (Å²) in [6.07, 6.45) is 4.72. The third-order valence-electron chi connectivity index (χ3n) is 4.27. The molecule has 4 nitrogen and oxygen atoms in total. The first-order chi connectivity index (χ1) is 9.84. The lowest BCUT2D eigenvalue weighted by Gasteiger charge is -2.23. The summed E-state index contributed by atoms with van der Waals surface area (Å²) in [6, 6.07) is 0. The van der Waals surface area contributed by atoms with Crippen LogP contribution in [0, 0.1) is 0 Å². The van der Waals surface area contributed by atoms with Gasteiger partial charge in [-0.1, -0.05) is 0 Å². The molecule has 1 amide bonds. The first-order valence-corrected chi connectivity index (χ1v) is 8.51. The van der Waals surface area contributed by atoms with Gasteiger partial charge < -0.3 is 15.0 Å². The number of rotatable bonds is 4. The molecule has 0 aromatic carbocycles. The molecule has 0 bridgehead atoms. The van der Waals surface area contributed by atoms with Gasteiger partial charge in [0.25, 0.3) is 5.91 Å². The lowest BCUT2D eigenvalue weighted by atomic mass is 9.94. The Hall–Kier alpha value is -0.910. The number of carbonyl (C=O) groups is 1. The summed E-state index contributed by atoms with van der Waals surface area (Å²) in [5.74, 6) is 0.130. The molecule has 0 radical (unpaired) electrons. The number of quaternary nitrogens is 1. The Morgan fingerprint density at radius 3 is 2.95 bits per heavy atom. The highest BCUT2D eigenvalue weighted by Crippen LogP contribution is 2.29. The number of nitrogens with one attached hydrogen (secondary N) is 2. The molecule has 0 atom stereocenters. The van der Waals surface area contributed by atoms with Crippen LogP contribution in [0.15, 0.2) is 5.38 Å². The molecule has 2 heterocycles. The third kappa shape index (κ3) is 3.22. The Balaban J connectivity index is 1.50. The minimum absolute atomic E-state index is 0.130. The molecule has 0 spiro atoms. The standard InChI is InChI=1S/C15H22N2O2S/c18-15(16-5-6-17-7-9-19-10-8-17)14-13-4-2-1-3-12(13)11-20-14/h11H,1-10H2,(H,16,18)/p+1. The van der Waals surface area contributed by atoms with E-state index >= 15 is 0 Å². The van der Waals surface area contributed by atoms with Crippen molar-refractivity contribution in [1.82, 2.24) is 5.32 Å². The second-order valence-electron chi connectivity index (χ2n) is 5.64. The highest BCUT2D eigenvalue weighted by Gasteiger charge is 2.20. The van der Waals surface area contributed by atoms with Gasteiger partial charge in [0.1, 0.15) is 13.1 Å². The molecule has 0 unspecified atom stereocenters. The smallest absolute Gasteiger partial charge is 0.261 e. The molecular weight excluding hydrogens is 272 g/mol. The van der Waals surface area contributed by atoms with Crippen LogP contribution >= 0.6 is 11.3 Å².